The molecule has 0 amide bonds. The van der Waals surface area contributed by atoms with Gasteiger partial charge in [0.1, 0.15) is 0 Å². The van der Waals surface area contributed by atoms with Gasteiger partial charge < -0.3 is 9.84 Å². The van der Waals surface area contributed by atoms with Gasteiger partial charge in [0.25, 0.3) is 0 Å². The second-order valence-corrected chi connectivity index (χ2v) is 9.23. The van der Waals surface area contributed by atoms with E-state index in [0.29, 0.717) is 49.8 Å². The highest BCUT2D eigenvalue weighted by Gasteiger charge is 2.28. The van der Waals surface area contributed by atoms with Gasteiger partial charge in [-0.05, 0) is 37.1 Å². The molecule has 0 radical (unpaired) electrons. The molecule has 1 aliphatic rings. The summed E-state index contributed by atoms with van der Waals surface area (Å²) in [7, 11) is -1.95. The monoisotopic (exact) mass is 416 g/mol. The van der Waals surface area contributed by atoms with E-state index in [1.54, 1.807) is 12.1 Å². The van der Waals surface area contributed by atoms with E-state index in [0.717, 1.165) is 16.7 Å². The summed E-state index contributed by atoms with van der Waals surface area (Å²) in [6, 6.07) is 10.7. The number of hydrogen-bond acceptors (Lipinski definition) is 5. The molecule has 1 saturated heterocycles. The van der Waals surface area contributed by atoms with Crippen LogP contribution in [-0.2, 0) is 23.0 Å². The highest BCUT2D eigenvalue weighted by Crippen LogP contribution is 2.33. The van der Waals surface area contributed by atoms with Crippen molar-refractivity contribution in [1.29, 1.82) is 0 Å². The quantitative estimate of drug-likeness (QED) is 0.703. The normalized spacial score (nSPS) is 15.9. The minimum atomic E-state index is -3.48. The Morgan fingerprint density at radius 1 is 1.14 bits per heavy atom. The van der Waals surface area contributed by atoms with Gasteiger partial charge in [-0.25, -0.2) is 8.42 Å². The lowest BCUT2D eigenvalue weighted by Crippen LogP contribution is -2.48. The van der Waals surface area contributed by atoms with E-state index >= 15 is 0 Å². The van der Waals surface area contributed by atoms with E-state index in [1.807, 2.05) is 37.3 Å². The fraction of sp³-hybridized carbons (Fsp3) is 0.364. The van der Waals surface area contributed by atoms with Gasteiger partial charge in [-0.2, -0.15) is 4.31 Å². The number of ether oxygens (including phenoxy) is 1. The van der Waals surface area contributed by atoms with Crippen molar-refractivity contribution < 1.29 is 18.3 Å². The van der Waals surface area contributed by atoms with Gasteiger partial charge in [0, 0.05) is 38.3 Å². The molecule has 0 unspecified atom stereocenters. The summed E-state index contributed by atoms with van der Waals surface area (Å²) in [5.41, 5.74) is 2.82. The van der Waals surface area contributed by atoms with Crippen LogP contribution in [0.3, 0.4) is 0 Å². The number of methoxy groups -OCH3 is 1. The third kappa shape index (κ3) is 4.80. The van der Waals surface area contributed by atoms with E-state index in [9.17, 15) is 13.5 Å². The Morgan fingerprint density at radius 3 is 2.38 bits per heavy atom. The topological polar surface area (TPSA) is 70.1 Å². The zero-order chi connectivity index (χ0) is 21.0. The van der Waals surface area contributed by atoms with E-state index in [-0.39, 0.29) is 5.75 Å². The molecule has 1 fully saturated rings. The zero-order valence-corrected chi connectivity index (χ0v) is 17.8. The number of sulfonamides is 1. The fourth-order valence-electron chi connectivity index (χ4n) is 3.52. The molecular formula is C22H28N2O4S. The van der Waals surface area contributed by atoms with Crippen LogP contribution in [0, 0.1) is 6.92 Å². The molecule has 0 aromatic heterocycles. The number of aromatic hydroxyl groups is 1. The summed E-state index contributed by atoms with van der Waals surface area (Å²) in [4.78, 5) is 2.48. The van der Waals surface area contributed by atoms with Crippen molar-refractivity contribution in [2.24, 2.45) is 0 Å². The summed E-state index contributed by atoms with van der Waals surface area (Å²) >= 11 is 0. The predicted molar refractivity (Wildman–Crippen MR) is 114 cm³/mol. The number of nitrogens with zero attached hydrogens (tertiary/aromatic N) is 2. The first kappa shape index (κ1) is 21.4. The van der Waals surface area contributed by atoms with Crippen LogP contribution in [0.5, 0.6) is 11.5 Å². The SMILES string of the molecule is C=CCc1cc(CN2CCN(S(=O)(=O)c3ccc(C)cc3)CC2)c(O)c(OC)c1. The molecule has 29 heavy (non-hydrogen) atoms. The van der Waals surface area contributed by atoms with Crippen LogP contribution in [0.1, 0.15) is 16.7 Å². The Hall–Kier alpha value is -2.35. The van der Waals surface area contributed by atoms with Crippen molar-refractivity contribution in [2.75, 3.05) is 33.3 Å². The maximum atomic E-state index is 12.9. The molecule has 0 bridgehead atoms. The van der Waals surface area contributed by atoms with Crippen LogP contribution in [0.15, 0.2) is 53.9 Å². The third-order valence-electron chi connectivity index (χ3n) is 5.20. The van der Waals surface area contributed by atoms with E-state index in [2.05, 4.69) is 11.5 Å². The first-order chi connectivity index (χ1) is 13.8. The van der Waals surface area contributed by atoms with Crippen molar-refractivity contribution in [3.8, 4) is 11.5 Å². The van der Waals surface area contributed by atoms with Crippen LogP contribution < -0.4 is 4.74 Å². The van der Waals surface area contributed by atoms with Crippen molar-refractivity contribution in [3.05, 3.63) is 65.7 Å². The average molecular weight is 417 g/mol. The van der Waals surface area contributed by atoms with Gasteiger partial charge in [0.05, 0.1) is 12.0 Å². The number of phenolic OH excluding ortho intramolecular Hbond substituents is 1. The highest BCUT2D eigenvalue weighted by molar-refractivity contribution is 7.89. The summed E-state index contributed by atoms with van der Waals surface area (Å²) < 4.78 is 32.5. The van der Waals surface area contributed by atoms with Crippen LogP contribution >= 0.6 is 0 Å². The van der Waals surface area contributed by atoms with Crippen molar-refractivity contribution in [3.63, 3.8) is 0 Å². The molecule has 3 rings (SSSR count). The van der Waals surface area contributed by atoms with Gasteiger partial charge in [-0.1, -0.05) is 29.8 Å². The van der Waals surface area contributed by atoms with Gasteiger partial charge >= 0.3 is 0 Å². The Bertz CT molecular complexity index is 963. The molecule has 0 spiro atoms. The maximum absolute atomic E-state index is 12.9. The van der Waals surface area contributed by atoms with E-state index in [4.69, 9.17) is 4.74 Å². The second-order valence-electron chi connectivity index (χ2n) is 7.29. The molecule has 0 saturated carbocycles. The first-order valence-electron chi connectivity index (χ1n) is 9.64. The standard InChI is InChI=1S/C22H28N2O4S/c1-4-5-18-14-19(22(25)21(15-18)28-3)16-23-10-12-24(13-11-23)29(26,27)20-8-6-17(2)7-9-20/h4,6-9,14-15,25H,1,5,10-13,16H2,2-3H3. The Labute approximate surface area is 173 Å². The number of aryl methyl sites for hydroxylation is 1. The number of rotatable bonds is 7. The lowest BCUT2D eigenvalue weighted by Gasteiger charge is -2.34. The Morgan fingerprint density at radius 2 is 1.79 bits per heavy atom. The summed E-state index contributed by atoms with van der Waals surface area (Å²) in [5.74, 6) is 0.579. The second kappa shape index (κ2) is 8.98. The molecule has 0 aliphatic carbocycles. The maximum Gasteiger partial charge on any atom is 0.243 e. The van der Waals surface area contributed by atoms with Crippen molar-refractivity contribution in [2.45, 2.75) is 24.8 Å². The van der Waals surface area contributed by atoms with Crippen LogP contribution in [-0.4, -0.2) is 56.0 Å². The van der Waals surface area contributed by atoms with Crippen LogP contribution in [0.2, 0.25) is 0 Å². The molecule has 0 atom stereocenters. The van der Waals surface area contributed by atoms with E-state index in [1.165, 1.54) is 11.4 Å². The minimum Gasteiger partial charge on any atom is -0.504 e. The summed E-state index contributed by atoms with van der Waals surface area (Å²) in [6.07, 6.45) is 2.50. The lowest BCUT2D eigenvalue weighted by molar-refractivity contribution is 0.179. The number of hydrogen-bond donors (Lipinski definition) is 1. The fourth-order valence-corrected chi connectivity index (χ4v) is 4.94. The number of allylic oxidation sites excluding steroid dienone is 1. The van der Waals surface area contributed by atoms with Crippen LogP contribution in [0.25, 0.3) is 0 Å². The zero-order valence-electron chi connectivity index (χ0n) is 17.0. The molecule has 156 valence electrons. The molecule has 2 aromatic carbocycles. The largest absolute Gasteiger partial charge is 0.504 e. The van der Waals surface area contributed by atoms with Gasteiger partial charge in [-0.15, -0.1) is 6.58 Å². The molecule has 1 heterocycles. The summed E-state index contributed by atoms with van der Waals surface area (Å²) in [6.45, 7) is 8.26. The average Bonchev–Trinajstić information content (AvgIpc) is 2.71. The first-order valence-corrected chi connectivity index (χ1v) is 11.1. The predicted octanol–water partition coefficient (Wildman–Crippen LogP) is 2.94. The van der Waals surface area contributed by atoms with Crippen LogP contribution in [0.4, 0.5) is 0 Å². The van der Waals surface area contributed by atoms with Gasteiger partial charge in [0.2, 0.25) is 10.0 Å². The number of phenols is 1. The van der Waals surface area contributed by atoms with Crippen molar-refractivity contribution >= 4 is 10.0 Å². The number of benzene rings is 2. The molecule has 1 N–H and O–H groups in total. The molecule has 6 nitrogen and oxygen atoms in total. The minimum absolute atomic E-state index is 0.134. The lowest BCUT2D eigenvalue weighted by atomic mass is 10.1. The Kier molecular flexibility index (Phi) is 6.62. The van der Waals surface area contributed by atoms with Crippen molar-refractivity contribution in [1.82, 2.24) is 9.21 Å². The third-order valence-corrected chi connectivity index (χ3v) is 7.11. The molecule has 2 aromatic rings. The van der Waals surface area contributed by atoms with Gasteiger partial charge in [-0.3, -0.25) is 4.90 Å². The van der Waals surface area contributed by atoms with Gasteiger partial charge in [0.15, 0.2) is 11.5 Å². The highest BCUT2D eigenvalue weighted by atomic mass is 32.2. The van der Waals surface area contributed by atoms with E-state index < -0.39 is 10.0 Å². The molecule has 7 heteroatoms. The molecule has 1 aliphatic heterocycles. The smallest absolute Gasteiger partial charge is 0.243 e. The Balaban J connectivity index is 1.69. The number of piperazine rings is 1. The summed E-state index contributed by atoms with van der Waals surface area (Å²) in [5, 5.41) is 10.5. The molecular weight excluding hydrogens is 388 g/mol.